The van der Waals surface area contributed by atoms with Gasteiger partial charge in [-0.05, 0) is 59.2 Å². The molecule has 1 aromatic rings. The second-order valence-electron chi connectivity index (χ2n) is 7.46. The normalized spacial score (nSPS) is 10.8. The van der Waals surface area contributed by atoms with E-state index in [-0.39, 0.29) is 6.54 Å². The summed E-state index contributed by atoms with van der Waals surface area (Å²) in [7, 11) is 0. The van der Waals surface area contributed by atoms with E-state index in [0.717, 1.165) is 9.37 Å². The molecule has 0 saturated heterocycles. The first-order valence-corrected chi connectivity index (χ1v) is 9.54. The molecule has 0 aliphatic rings. The van der Waals surface area contributed by atoms with E-state index in [0.29, 0.717) is 11.1 Å². The monoisotopic (exact) mass is 440 g/mol. The number of nitrogens with zero attached hydrogens (tertiary/aromatic N) is 2. The molecule has 0 heterocycles. The molecule has 7 heteroatoms. The van der Waals surface area contributed by atoms with E-state index in [1.165, 1.54) is 0 Å². The number of hydrogen-bond acceptors (Lipinski definition) is 5. The molecule has 0 atom stereocenters. The van der Waals surface area contributed by atoms with Gasteiger partial charge in [-0.3, -0.25) is 0 Å². The van der Waals surface area contributed by atoms with Crippen LogP contribution in [-0.2, 0) is 16.0 Å². The van der Waals surface area contributed by atoms with Crippen molar-refractivity contribution in [2.45, 2.75) is 73.1 Å². The second kappa shape index (κ2) is 10.3. The van der Waals surface area contributed by atoms with Gasteiger partial charge in [0.2, 0.25) is 0 Å². The molecule has 1 rings (SSSR count). The summed E-state index contributed by atoms with van der Waals surface area (Å²) >= 11 is 3.29. The molecule has 0 aliphatic heterocycles. The number of benzene rings is 1. The van der Waals surface area contributed by atoms with Gasteiger partial charge in [-0.1, -0.05) is 35.8 Å². The molecule has 0 radical (unpaired) electrons. The quantitative estimate of drug-likeness (QED) is 0.561. The third kappa shape index (κ3) is 9.43. The Balaban J connectivity index is 0.00000326. The number of ether oxygens (including phenoxy) is 2. The maximum absolute atomic E-state index is 12.5. The van der Waals surface area contributed by atoms with Crippen LogP contribution < -0.4 is 0 Å². The summed E-state index contributed by atoms with van der Waals surface area (Å²) in [6.07, 6.45) is -1.65. The summed E-state index contributed by atoms with van der Waals surface area (Å²) in [5.74, 6) is 0. The molecule has 6 nitrogen and oxygen atoms in total. The van der Waals surface area contributed by atoms with Gasteiger partial charge >= 0.3 is 12.2 Å². The van der Waals surface area contributed by atoms with Gasteiger partial charge in [-0.25, -0.2) is 14.5 Å². The Labute approximate surface area is 170 Å². The van der Waals surface area contributed by atoms with E-state index in [4.69, 9.17) is 9.47 Å². The van der Waals surface area contributed by atoms with Crippen molar-refractivity contribution in [3.8, 4) is 6.07 Å². The van der Waals surface area contributed by atoms with Crippen molar-refractivity contribution in [1.29, 1.82) is 5.26 Å². The fourth-order valence-corrected chi connectivity index (χ4v) is 2.16. The maximum Gasteiger partial charge on any atom is 0.420 e. The summed E-state index contributed by atoms with van der Waals surface area (Å²) in [6, 6.07) is 7.08. The highest BCUT2D eigenvalue weighted by Crippen LogP contribution is 2.21. The number of halogens is 1. The number of amides is 2. The van der Waals surface area contributed by atoms with Gasteiger partial charge in [-0.2, -0.15) is 5.26 Å². The lowest BCUT2D eigenvalue weighted by atomic mass is 10.1. The molecule has 0 spiro atoms. The first-order valence-electron chi connectivity index (χ1n) is 8.74. The van der Waals surface area contributed by atoms with Crippen LogP contribution in [0, 0.1) is 11.3 Å². The Morgan fingerprint density at radius 2 is 1.48 bits per heavy atom. The minimum absolute atomic E-state index is 0.125. The molecule has 2 amide bonds. The van der Waals surface area contributed by atoms with Crippen molar-refractivity contribution in [2.75, 3.05) is 0 Å². The smallest absolute Gasteiger partial charge is 0.420 e. The summed E-state index contributed by atoms with van der Waals surface area (Å²) < 4.78 is 11.3. The van der Waals surface area contributed by atoms with Crippen molar-refractivity contribution in [3.05, 3.63) is 33.8 Å². The summed E-state index contributed by atoms with van der Waals surface area (Å²) in [5, 5.41) is 9.28. The Kier molecular flexibility index (Phi) is 9.52. The molecule has 0 fully saturated rings. The molecule has 1 aromatic carbocycles. The lowest BCUT2D eigenvalue weighted by Crippen LogP contribution is -2.43. The van der Waals surface area contributed by atoms with Gasteiger partial charge in [0.05, 0.1) is 18.2 Å². The Morgan fingerprint density at radius 3 is 1.85 bits per heavy atom. The zero-order chi connectivity index (χ0) is 21.4. The summed E-state index contributed by atoms with van der Waals surface area (Å²) in [5.41, 5.74) is -0.668. The largest absolute Gasteiger partial charge is 0.443 e. The molecule has 150 valence electrons. The van der Waals surface area contributed by atoms with Crippen molar-refractivity contribution >= 4 is 28.1 Å². The minimum Gasteiger partial charge on any atom is -0.443 e. The van der Waals surface area contributed by atoms with E-state index in [9.17, 15) is 14.9 Å². The van der Waals surface area contributed by atoms with Crippen LogP contribution in [0.25, 0.3) is 0 Å². The maximum atomic E-state index is 12.5. The van der Waals surface area contributed by atoms with Crippen LogP contribution in [0.1, 0.15) is 66.5 Å². The predicted molar refractivity (Wildman–Crippen MR) is 108 cm³/mol. The average Bonchev–Trinajstić information content (AvgIpc) is 2.51. The number of carbonyl (C=O) groups excluding carboxylic acids is 2. The standard InChI is InChI=1S/C18H23BrN2O4.C2H6/c1-17(2,3)24-15(22)21(16(23)25-18(4,5)6)11-12-7-8-14(19)9-13(12)10-20;1-2/h7-9H,11H2,1-6H3;1-2H3. The van der Waals surface area contributed by atoms with Crippen molar-refractivity contribution in [1.82, 2.24) is 4.90 Å². The first kappa shape index (κ1) is 24.9. The average molecular weight is 441 g/mol. The van der Waals surface area contributed by atoms with E-state index in [1.54, 1.807) is 59.7 Å². The van der Waals surface area contributed by atoms with Crippen molar-refractivity contribution < 1.29 is 19.1 Å². The minimum atomic E-state index is -0.825. The highest BCUT2D eigenvalue weighted by molar-refractivity contribution is 9.10. The van der Waals surface area contributed by atoms with Gasteiger partial charge in [0.1, 0.15) is 11.2 Å². The van der Waals surface area contributed by atoms with Crippen LogP contribution in [0.3, 0.4) is 0 Å². The van der Waals surface area contributed by atoms with Gasteiger partial charge in [0.25, 0.3) is 0 Å². The fraction of sp³-hybridized carbons (Fsp3) is 0.550. The zero-order valence-electron chi connectivity index (χ0n) is 17.3. The SMILES string of the molecule is CC.CC(C)(C)OC(=O)N(Cc1ccc(Br)cc1C#N)C(=O)OC(C)(C)C. The topological polar surface area (TPSA) is 79.6 Å². The molecule has 0 unspecified atom stereocenters. The summed E-state index contributed by atoms with van der Waals surface area (Å²) in [4.78, 5) is 25.8. The van der Waals surface area contributed by atoms with E-state index in [1.807, 2.05) is 13.8 Å². The predicted octanol–water partition coefficient (Wildman–Crippen LogP) is 6.02. The molecule has 27 heavy (non-hydrogen) atoms. The van der Waals surface area contributed by atoms with Gasteiger partial charge in [-0.15, -0.1) is 0 Å². The number of rotatable bonds is 2. The molecule has 0 aromatic heterocycles. The summed E-state index contributed by atoms with van der Waals surface area (Å²) in [6.45, 7) is 14.1. The highest BCUT2D eigenvalue weighted by atomic mass is 79.9. The molecule has 0 N–H and O–H groups in total. The van der Waals surface area contributed by atoms with Crippen LogP contribution in [0.15, 0.2) is 22.7 Å². The van der Waals surface area contributed by atoms with E-state index in [2.05, 4.69) is 22.0 Å². The molecule has 0 bridgehead atoms. The van der Waals surface area contributed by atoms with Crippen LogP contribution in [0.2, 0.25) is 0 Å². The Hall–Kier alpha value is -2.07. The number of nitriles is 1. The third-order valence-corrected chi connectivity index (χ3v) is 3.24. The Morgan fingerprint density at radius 1 is 1.04 bits per heavy atom. The van der Waals surface area contributed by atoms with Crippen LogP contribution >= 0.6 is 15.9 Å². The van der Waals surface area contributed by atoms with E-state index >= 15 is 0 Å². The van der Waals surface area contributed by atoms with Crippen molar-refractivity contribution in [3.63, 3.8) is 0 Å². The Bertz CT molecular complexity index is 669. The van der Waals surface area contributed by atoms with Crippen molar-refractivity contribution in [2.24, 2.45) is 0 Å². The van der Waals surface area contributed by atoms with Crippen LogP contribution in [0.5, 0.6) is 0 Å². The van der Waals surface area contributed by atoms with Crippen LogP contribution in [-0.4, -0.2) is 28.3 Å². The number of hydrogen-bond donors (Lipinski definition) is 0. The highest BCUT2D eigenvalue weighted by Gasteiger charge is 2.31. The van der Waals surface area contributed by atoms with Gasteiger partial charge in [0, 0.05) is 4.47 Å². The zero-order valence-corrected chi connectivity index (χ0v) is 18.9. The van der Waals surface area contributed by atoms with Gasteiger partial charge in [0.15, 0.2) is 0 Å². The molecular formula is C20H29BrN2O4. The number of carbonyl (C=O) groups is 2. The number of imide groups is 1. The molecule has 0 aliphatic carbocycles. The lowest BCUT2D eigenvalue weighted by Gasteiger charge is -2.28. The first-order chi connectivity index (χ1) is 12.3. The second-order valence-corrected chi connectivity index (χ2v) is 8.38. The molecular weight excluding hydrogens is 412 g/mol. The lowest BCUT2D eigenvalue weighted by molar-refractivity contribution is -0.000254. The third-order valence-electron chi connectivity index (χ3n) is 2.75. The fourth-order valence-electron chi connectivity index (χ4n) is 1.80. The van der Waals surface area contributed by atoms with E-state index < -0.39 is 23.4 Å². The van der Waals surface area contributed by atoms with Gasteiger partial charge < -0.3 is 9.47 Å². The van der Waals surface area contributed by atoms with Crippen LogP contribution in [0.4, 0.5) is 9.59 Å². The molecule has 0 saturated carbocycles.